The van der Waals surface area contributed by atoms with Crippen LogP contribution in [-0.4, -0.2) is 25.8 Å². The van der Waals surface area contributed by atoms with Crippen LogP contribution in [0.1, 0.15) is 44.4 Å². The number of nitrogens with zero attached hydrogens (tertiary/aromatic N) is 3. The topological polar surface area (TPSA) is 66.1 Å². The normalized spacial score (nSPS) is 19.0. The minimum absolute atomic E-state index is 0.339. The molecule has 0 radical (unpaired) electrons. The number of ether oxygens (including phenoxy) is 1. The number of fused-ring (bicyclic) bond motifs is 1. The molecule has 2 unspecified atom stereocenters. The maximum absolute atomic E-state index is 13.1. The van der Waals surface area contributed by atoms with Gasteiger partial charge in [-0.3, -0.25) is 9.55 Å². The zero-order valence-electron chi connectivity index (χ0n) is 16.7. The lowest BCUT2D eigenvalue weighted by atomic mass is 10.2. The van der Waals surface area contributed by atoms with E-state index in [2.05, 4.69) is 17.1 Å². The molecule has 0 spiro atoms. The molecule has 1 saturated carbocycles. The molecule has 1 aromatic carbocycles. The molecule has 2 aromatic heterocycles. The number of aromatic nitrogens is 3. The van der Waals surface area contributed by atoms with Gasteiger partial charge in [-0.1, -0.05) is 18.2 Å². The van der Waals surface area contributed by atoms with E-state index in [1.165, 1.54) is 0 Å². The van der Waals surface area contributed by atoms with Crippen molar-refractivity contribution >= 4 is 17.1 Å². The summed E-state index contributed by atoms with van der Waals surface area (Å²) < 4.78 is 8.28. The molecule has 0 aliphatic heterocycles. The van der Waals surface area contributed by atoms with E-state index >= 15 is 0 Å². The van der Waals surface area contributed by atoms with Gasteiger partial charge in [0.15, 0.2) is 0 Å². The second-order valence-corrected chi connectivity index (χ2v) is 8.56. The molecule has 1 aliphatic rings. The number of aryl methyl sites for hydroxylation is 1. The number of hydrogen-bond acceptors (Lipinski definition) is 4. The lowest BCUT2D eigenvalue weighted by Gasteiger charge is -2.19. The van der Waals surface area contributed by atoms with Crippen LogP contribution in [0.2, 0.25) is 0 Å². The van der Waals surface area contributed by atoms with Crippen LogP contribution in [0.4, 0.5) is 4.79 Å². The molecular formula is C22H25N3O3. The molecule has 0 saturated heterocycles. The van der Waals surface area contributed by atoms with Crippen molar-refractivity contribution in [2.75, 3.05) is 0 Å². The second-order valence-electron chi connectivity index (χ2n) is 8.56. The summed E-state index contributed by atoms with van der Waals surface area (Å²) in [7, 11) is 0. The fourth-order valence-electron chi connectivity index (χ4n) is 3.61. The van der Waals surface area contributed by atoms with Gasteiger partial charge in [0.25, 0.3) is 0 Å². The predicted octanol–water partition coefficient (Wildman–Crippen LogP) is 4.09. The number of rotatable bonds is 3. The SMILES string of the molecule is Cc1ccc(C2CC2Cn2c(=O)n(C(=O)OC(C)(C)C)c3ccccc32)nc1. The van der Waals surface area contributed by atoms with Gasteiger partial charge in [0.2, 0.25) is 0 Å². The van der Waals surface area contributed by atoms with Crippen LogP contribution in [-0.2, 0) is 11.3 Å². The molecule has 3 aromatic rings. The second kappa shape index (κ2) is 6.62. The van der Waals surface area contributed by atoms with Crippen molar-refractivity contribution in [1.82, 2.24) is 14.1 Å². The van der Waals surface area contributed by atoms with Crippen LogP contribution in [0.5, 0.6) is 0 Å². The molecular weight excluding hydrogens is 354 g/mol. The Morgan fingerprint density at radius 3 is 2.54 bits per heavy atom. The van der Waals surface area contributed by atoms with Gasteiger partial charge in [-0.25, -0.2) is 9.59 Å². The smallest absolute Gasteiger partial charge is 0.423 e. The van der Waals surface area contributed by atoms with Gasteiger partial charge in [-0.2, -0.15) is 4.57 Å². The summed E-state index contributed by atoms with van der Waals surface area (Å²) in [5.41, 5.74) is 2.52. The van der Waals surface area contributed by atoms with Crippen LogP contribution in [0.25, 0.3) is 11.0 Å². The van der Waals surface area contributed by atoms with Crippen molar-refractivity contribution in [3.63, 3.8) is 0 Å². The van der Waals surface area contributed by atoms with E-state index in [1.54, 1.807) is 31.4 Å². The van der Waals surface area contributed by atoms with Crippen LogP contribution in [0.3, 0.4) is 0 Å². The zero-order chi connectivity index (χ0) is 20.1. The maximum Gasteiger partial charge on any atom is 0.423 e. The number of carbonyl (C=O) groups excluding carboxylic acids is 1. The highest BCUT2D eigenvalue weighted by Crippen LogP contribution is 2.47. The molecule has 0 amide bonds. The van der Waals surface area contributed by atoms with Crippen molar-refractivity contribution in [2.24, 2.45) is 5.92 Å². The summed E-state index contributed by atoms with van der Waals surface area (Å²) in [5.74, 6) is 0.696. The Morgan fingerprint density at radius 1 is 1.18 bits per heavy atom. The van der Waals surface area contributed by atoms with Gasteiger partial charge in [0.1, 0.15) is 5.60 Å². The molecule has 2 atom stereocenters. The fraction of sp³-hybridized carbons (Fsp3) is 0.409. The van der Waals surface area contributed by atoms with Gasteiger partial charge in [0, 0.05) is 24.4 Å². The third-order valence-electron chi connectivity index (χ3n) is 5.07. The highest BCUT2D eigenvalue weighted by molar-refractivity contribution is 5.87. The van der Waals surface area contributed by atoms with E-state index in [-0.39, 0.29) is 5.69 Å². The summed E-state index contributed by atoms with van der Waals surface area (Å²) in [4.78, 5) is 30.2. The molecule has 6 nitrogen and oxygen atoms in total. The molecule has 2 heterocycles. The minimum atomic E-state index is -0.668. The monoisotopic (exact) mass is 379 g/mol. The quantitative estimate of drug-likeness (QED) is 0.687. The lowest BCUT2D eigenvalue weighted by molar-refractivity contribution is 0.0537. The molecule has 0 bridgehead atoms. The maximum atomic E-state index is 13.1. The van der Waals surface area contributed by atoms with Crippen molar-refractivity contribution in [1.29, 1.82) is 0 Å². The average molecular weight is 379 g/mol. The van der Waals surface area contributed by atoms with Crippen molar-refractivity contribution in [3.8, 4) is 0 Å². The highest BCUT2D eigenvalue weighted by Gasteiger charge is 2.40. The standard InChI is InChI=1S/C22H25N3O3/c1-14-9-10-17(23-12-14)16-11-15(16)13-24-18-7-5-6-8-19(18)25(20(24)26)21(27)28-22(2,3)4/h5-10,12,15-16H,11,13H2,1-4H3. The van der Waals surface area contributed by atoms with E-state index in [0.29, 0.717) is 23.9 Å². The van der Waals surface area contributed by atoms with E-state index in [0.717, 1.165) is 27.8 Å². The Labute approximate surface area is 163 Å². The van der Waals surface area contributed by atoms with Crippen molar-refractivity contribution in [2.45, 2.75) is 52.2 Å². The van der Waals surface area contributed by atoms with Gasteiger partial charge in [0.05, 0.1) is 11.0 Å². The van der Waals surface area contributed by atoms with E-state index in [9.17, 15) is 9.59 Å². The van der Waals surface area contributed by atoms with Gasteiger partial charge >= 0.3 is 11.8 Å². The number of hydrogen-bond donors (Lipinski definition) is 0. The highest BCUT2D eigenvalue weighted by atomic mass is 16.6. The molecule has 1 aliphatic carbocycles. The predicted molar refractivity (Wildman–Crippen MR) is 108 cm³/mol. The first-order valence-corrected chi connectivity index (χ1v) is 9.61. The van der Waals surface area contributed by atoms with E-state index < -0.39 is 11.7 Å². The first-order chi connectivity index (χ1) is 13.2. The minimum Gasteiger partial charge on any atom is -0.443 e. The Kier molecular flexibility index (Phi) is 4.37. The molecule has 0 N–H and O–H groups in total. The number of para-hydroxylation sites is 2. The first-order valence-electron chi connectivity index (χ1n) is 9.61. The zero-order valence-corrected chi connectivity index (χ0v) is 16.7. The summed E-state index contributed by atoms with van der Waals surface area (Å²) >= 11 is 0. The third kappa shape index (κ3) is 3.46. The number of imidazole rings is 1. The van der Waals surface area contributed by atoms with Crippen LogP contribution < -0.4 is 5.69 Å². The Bertz CT molecular complexity index is 1090. The van der Waals surface area contributed by atoms with Gasteiger partial charge in [-0.15, -0.1) is 0 Å². The van der Waals surface area contributed by atoms with Gasteiger partial charge < -0.3 is 4.74 Å². The fourth-order valence-corrected chi connectivity index (χ4v) is 3.61. The third-order valence-corrected chi connectivity index (χ3v) is 5.07. The first kappa shape index (κ1) is 18.5. The Hall–Kier alpha value is -2.89. The molecule has 6 heteroatoms. The summed E-state index contributed by atoms with van der Waals surface area (Å²) in [6.07, 6.45) is 2.24. The number of pyridine rings is 1. The molecule has 28 heavy (non-hydrogen) atoms. The Balaban J connectivity index is 1.65. The molecule has 1 fully saturated rings. The average Bonchev–Trinajstić information content (AvgIpc) is 3.32. The number of carbonyl (C=O) groups is 1. The lowest BCUT2D eigenvalue weighted by Crippen LogP contribution is -2.34. The molecule has 146 valence electrons. The van der Waals surface area contributed by atoms with Crippen molar-refractivity contribution < 1.29 is 9.53 Å². The van der Waals surface area contributed by atoms with Crippen LogP contribution in [0.15, 0.2) is 47.4 Å². The Morgan fingerprint density at radius 2 is 1.89 bits per heavy atom. The van der Waals surface area contributed by atoms with Crippen LogP contribution in [0, 0.1) is 12.8 Å². The van der Waals surface area contributed by atoms with Gasteiger partial charge in [-0.05, 0) is 63.8 Å². The van der Waals surface area contributed by atoms with E-state index in [1.807, 2.05) is 31.3 Å². The summed E-state index contributed by atoms with van der Waals surface area (Å²) in [6, 6.07) is 11.5. The summed E-state index contributed by atoms with van der Waals surface area (Å²) in [6.45, 7) is 7.96. The number of benzene rings is 1. The van der Waals surface area contributed by atoms with Crippen LogP contribution >= 0.6 is 0 Å². The summed E-state index contributed by atoms with van der Waals surface area (Å²) in [5, 5.41) is 0. The van der Waals surface area contributed by atoms with E-state index in [4.69, 9.17) is 4.74 Å². The van der Waals surface area contributed by atoms with Crippen molar-refractivity contribution in [3.05, 3.63) is 64.3 Å². The molecule has 4 rings (SSSR count). The largest absolute Gasteiger partial charge is 0.443 e.